The summed E-state index contributed by atoms with van der Waals surface area (Å²) < 4.78 is 19.3. The van der Waals surface area contributed by atoms with Gasteiger partial charge in [0.15, 0.2) is 11.6 Å². The number of ketones is 2. The van der Waals surface area contributed by atoms with Crippen molar-refractivity contribution in [2.24, 2.45) is 11.8 Å². The molecule has 0 bridgehead atoms. The molecule has 2 aromatic carbocycles. The summed E-state index contributed by atoms with van der Waals surface area (Å²) in [6, 6.07) is 10.6. The van der Waals surface area contributed by atoms with E-state index in [0.717, 1.165) is 0 Å². The van der Waals surface area contributed by atoms with Crippen molar-refractivity contribution >= 4 is 45.2 Å². The number of hydrogen-bond acceptors (Lipinski definition) is 9. The molecule has 47 heavy (non-hydrogen) atoms. The molecule has 0 saturated heterocycles. The average Bonchev–Trinajstić information content (AvgIpc) is 3.56. The fourth-order valence-corrected chi connectivity index (χ4v) is 5.34. The third-order valence-corrected chi connectivity index (χ3v) is 7.90. The predicted molar refractivity (Wildman–Crippen MR) is 178 cm³/mol. The molecule has 12 heteroatoms. The molecule has 2 heterocycles. The number of benzene rings is 2. The quantitative estimate of drug-likeness (QED) is 0.101. The summed E-state index contributed by atoms with van der Waals surface area (Å²) in [6.45, 7) is 13.2. The Hall–Kier alpha value is -4.74. The van der Waals surface area contributed by atoms with Crippen molar-refractivity contribution in [3.8, 4) is 11.5 Å². The topological polar surface area (TPSA) is 135 Å². The fourth-order valence-electron chi connectivity index (χ4n) is 5.34. The van der Waals surface area contributed by atoms with Crippen LogP contribution in [-0.2, 0) is 27.4 Å². The van der Waals surface area contributed by atoms with Gasteiger partial charge in [0.05, 0.1) is 31.9 Å². The van der Waals surface area contributed by atoms with Crippen LogP contribution < -0.4 is 9.47 Å². The third-order valence-electron chi connectivity index (χ3n) is 7.90. The summed E-state index contributed by atoms with van der Waals surface area (Å²) in [4.78, 5) is 54.1. The smallest absolute Gasteiger partial charge is 0.327 e. The number of esters is 1. The number of carbonyl (C=O) groups excluding carboxylic acids is 4. The monoisotopic (exact) mass is 647 g/mol. The molecular formula is C35H45N5O7. The van der Waals surface area contributed by atoms with Gasteiger partial charge in [-0.05, 0) is 51.5 Å². The van der Waals surface area contributed by atoms with Crippen LogP contribution in [0.1, 0.15) is 75.9 Å². The predicted octanol–water partition coefficient (Wildman–Crippen LogP) is 5.34. The van der Waals surface area contributed by atoms with Gasteiger partial charge in [0.2, 0.25) is 5.91 Å². The van der Waals surface area contributed by atoms with Crippen LogP contribution in [0.25, 0.3) is 21.8 Å². The van der Waals surface area contributed by atoms with Crippen LogP contribution in [-0.4, -0.2) is 80.8 Å². The van der Waals surface area contributed by atoms with Gasteiger partial charge in [-0.2, -0.15) is 10.2 Å². The Morgan fingerprint density at radius 1 is 0.766 bits per heavy atom. The summed E-state index contributed by atoms with van der Waals surface area (Å²) in [5, 5.41) is 10.3. The molecule has 4 aromatic rings. The maximum atomic E-state index is 13.7. The Balaban J connectivity index is 1.45. The van der Waals surface area contributed by atoms with E-state index >= 15 is 0 Å². The van der Waals surface area contributed by atoms with E-state index in [1.807, 2.05) is 34.6 Å². The van der Waals surface area contributed by atoms with E-state index in [2.05, 4.69) is 10.2 Å². The zero-order valence-electron chi connectivity index (χ0n) is 28.7. The maximum Gasteiger partial charge on any atom is 0.327 e. The number of carbonyl (C=O) groups is 4. The van der Waals surface area contributed by atoms with Gasteiger partial charge in [-0.1, -0.05) is 27.7 Å². The van der Waals surface area contributed by atoms with Crippen LogP contribution in [0.2, 0.25) is 0 Å². The minimum absolute atomic E-state index is 0.0773. The number of aromatic nitrogens is 4. The number of fused-ring (bicyclic) bond motifs is 2. The average molecular weight is 648 g/mol. The van der Waals surface area contributed by atoms with E-state index in [4.69, 9.17) is 14.2 Å². The van der Waals surface area contributed by atoms with Gasteiger partial charge >= 0.3 is 5.97 Å². The highest BCUT2D eigenvalue weighted by Crippen LogP contribution is 2.27. The minimum atomic E-state index is -0.537. The van der Waals surface area contributed by atoms with Crippen LogP contribution in [0.15, 0.2) is 36.4 Å². The second-order valence-corrected chi connectivity index (χ2v) is 13.1. The van der Waals surface area contributed by atoms with E-state index in [-0.39, 0.29) is 49.0 Å². The van der Waals surface area contributed by atoms with Crippen LogP contribution in [0.3, 0.4) is 0 Å². The molecule has 12 nitrogen and oxygen atoms in total. The molecule has 2 aromatic heterocycles. The van der Waals surface area contributed by atoms with Gasteiger partial charge in [-0.3, -0.25) is 28.5 Å². The highest BCUT2D eigenvalue weighted by atomic mass is 16.5. The fraction of sp³-hybridized carbons (Fsp3) is 0.486. The molecule has 4 rings (SSSR count). The summed E-state index contributed by atoms with van der Waals surface area (Å²) in [5.74, 6) is -0.291. The SMILES string of the molecule is COc1ccc2c(C(=O)C(C)C)nn(CC(=O)OCCCN(C(=O)Cn3nc(C(=O)C(C)C)c4ccc(OC)cc43)C(C)(C)C)c2c1. The van der Waals surface area contributed by atoms with E-state index in [1.54, 1.807) is 74.0 Å². The Morgan fingerprint density at radius 2 is 1.23 bits per heavy atom. The normalized spacial score (nSPS) is 11.8. The standard InChI is InChI=1S/C35H45N5O7/c1-21(2)33(43)31-25-13-11-23(45-8)17-27(25)39(36-31)19-29(41)38(35(5,6)7)15-10-16-47-30(42)20-40-28-18-24(46-9)12-14-26(28)32(37-40)34(44)22(3)4/h11-14,17-18,21-22H,10,15-16,19-20H2,1-9H3. The highest BCUT2D eigenvalue weighted by Gasteiger charge is 2.28. The molecule has 252 valence electrons. The number of amides is 1. The molecule has 0 aliphatic rings. The molecule has 0 saturated carbocycles. The zero-order valence-corrected chi connectivity index (χ0v) is 28.7. The minimum Gasteiger partial charge on any atom is -0.497 e. The van der Waals surface area contributed by atoms with Crippen LogP contribution in [0, 0.1) is 11.8 Å². The second-order valence-electron chi connectivity index (χ2n) is 13.1. The summed E-state index contributed by atoms with van der Waals surface area (Å²) >= 11 is 0. The Morgan fingerprint density at radius 3 is 1.66 bits per heavy atom. The number of ether oxygens (including phenoxy) is 3. The van der Waals surface area contributed by atoms with Crippen molar-refractivity contribution in [1.29, 1.82) is 0 Å². The van der Waals surface area contributed by atoms with Gasteiger partial charge in [-0.25, -0.2) is 0 Å². The van der Waals surface area contributed by atoms with E-state index in [1.165, 1.54) is 4.68 Å². The first-order valence-corrected chi connectivity index (χ1v) is 15.8. The number of methoxy groups -OCH3 is 2. The molecule has 0 N–H and O–H groups in total. The first-order valence-electron chi connectivity index (χ1n) is 15.8. The van der Waals surface area contributed by atoms with Crippen molar-refractivity contribution < 1.29 is 33.4 Å². The van der Waals surface area contributed by atoms with Crippen molar-refractivity contribution in [3.05, 3.63) is 47.8 Å². The van der Waals surface area contributed by atoms with Crippen molar-refractivity contribution in [2.75, 3.05) is 27.4 Å². The van der Waals surface area contributed by atoms with Crippen LogP contribution in [0.5, 0.6) is 11.5 Å². The number of nitrogens with zero attached hydrogens (tertiary/aromatic N) is 5. The van der Waals surface area contributed by atoms with Crippen molar-refractivity contribution in [3.63, 3.8) is 0 Å². The largest absolute Gasteiger partial charge is 0.497 e. The molecule has 0 fully saturated rings. The molecule has 0 aliphatic heterocycles. The van der Waals surface area contributed by atoms with Gasteiger partial charge in [-0.15, -0.1) is 0 Å². The van der Waals surface area contributed by atoms with Gasteiger partial charge in [0.1, 0.15) is 36.0 Å². The van der Waals surface area contributed by atoms with Crippen molar-refractivity contribution in [1.82, 2.24) is 24.5 Å². The van der Waals surface area contributed by atoms with Gasteiger partial charge in [0, 0.05) is 46.8 Å². The first-order chi connectivity index (χ1) is 22.2. The zero-order chi connectivity index (χ0) is 34.6. The lowest BCUT2D eigenvalue weighted by Crippen LogP contribution is -2.47. The molecule has 0 spiro atoms. The van der Waals surface area contributed by atoms with E-state index < -0.39 is 11.5 Å². The van der Waals surface area contributed by atoms with E-state index in [9.17, 15) is 19.2 Å². The van der Waals surface area contributed by atoms with Gasteiger partial charge < -0.3 is 19.1 Å². The second kappa shape index (κ2) is 14.4. The van der Waals surface area contributed by atoms with Crippen LogP contribution >= 0.6 is 0 Å². The lowest BCUT2D eigenvalue weighted by Gasteiger charge is -2.36. The maximum absolute atomic E-state index is 13.7. The van der Waals surface area contributed by atoms with Crippen molar-refractivity contribution in [2.45, 2.75) is 73.5 Å². The molecule has 1 amide bonds. The number of Topliss-reactive ketones (excluding diaryl/α,β-unsaturated/α-hetero) is 2. The summed E-state index contributed by atoms with van der Waals surface area (Å²) in [6.07, 6.45) is 0.393. The molecule has 0 atom stereocenters. The molecule has 0 unspecified atom stereocenters. The molecule has 0 radical (unpaired) electrons. The Labute approximate surface area is 274 Å². The first kappa shape index (κ1) is 35.1. The third kappa shape index (κ3) is 7.81. The van der Waals surface area contributed by atoms with Gasteiger partial charge in [0.25, 0.3) is 0 Å². The van der Waals surface area contributed by atoms with E-state index in [0.29, 0.717) is 57.7 Å². The highest BCUT2D eigenvalue weighted by molar-refractivity contribution is 6.08. The summed E-state index contributed by atoms with van der Waals surface area (Å²) in [5.41, 5.74) is 1.31. The number of hydrogen-bond donors (Lipinski definition) is 0. The molecular weight excluding hydrogens is 602 g/mol. The summed E-state index contributed by atoms with van der Waals surface area (Å²) in [7, 11) is 3.10. The number of rotatable bonds is 14. The lowest BCUT2D eigenvalue weighted by atomic mass is 10.0. The Bertz CT molecular complexity index is 1800. The lowest BCUT2D eigenvalue weighted by molar-refractivity contribution is -0.145. The molecule has 0 aliphatic carbocycles. The van der Waals surface area contributed by atoms with Crippen LogP contribution in [0.4, 0.5) is 0 Å². The Kier molecular flexibility index (Phi) is 10.7.